The molecule has 2 rings (SSSR count). The Morgan fingerprint density at radius 3 is 2.71 bits per heavy atom. The van der Waals surface area contributed by atoms with Crippen LogP contribution in [0.15, 0.2) is 22.4 Å². The van der Waals surface area contributed by atoms with Gasteiger partial charge in [-0.15, -0.1) is 11.8 Å². The van der Waals surface area contributed by atoms with E-state index in [4.69, 9.17) is 5.73 Å². The number of thiazole rings is 1. The zero-order chi connectivity index (χ0) is 12.4. The van der Waals surface area contributed by atoms with Gasteiger partial charge < -0.3 is 5.73 Å². The van der Waals surface area contributed by atoms with Crippen LogP contribution in [0.2, 0.25) is 0 Å². The van der Waals surface area contributed by atoms with Crippen LogP contribution in [0, 0.1) is 18.6 Å². The highest BCUT2D eigenvalue weighted by atomic mass is 32.2. The fourth-order valence-electron chi connectivity index (χ4n) is 1.31. The van der Waals surface area contributed by atoms with Gasteiger partial charge in [0.15, 0.2) is 16.8 Å². The van der Waals surface area contributed by atoms with Crippen LogP contribution in [0.1, 0.15) is 11.3 Å². The fourth-order valence-corrected chi connectivity index (χ4v) is 3.28. The van der Waals surface area contributed by atoms with E-state index in [2.05, 4.69) is 4.98 Å². The average molecular weight is 272 g/mol. The van der Waals surface area contributed by atoms with Crippen LogP contribution < -0.4 is 5.73 Å². The third kappa shape index (κ3) is 2.95. The van der Waals surface area contributed by atoms with Crippen molar-refractivity contribution in [1.29, 1.82) is 0 Å². The molecule has 6 heteroatoms. The van der Waals surface area contributed by atoms with Gasteiger partial charge in [-0.05, 0) is 24.6 Å². The number of nitrogens with two attached hydrogens (primary N) is 1. The van der Waals surface area contributed by atoms with Gasteiger partial charge in [-0.1, -0.05) is 17.4 Å². The largest absolute Gasteiger partial charge is 0.375 e. The smallest absolute Gasteiger partial charge is 0.181 e. The van der Waals surface area contributed by atoms with E-state index in [1.165, 1.54) is 29.2 Å². The Morgan fingerprint density at radius 2 is 2.12 bits per heavy atom. The summed E-state index contributed by atoms with van der Waals surface area (Å²) in [4.78, 5) is 4.10. The molecule has 0 spiro atoms. The van der Waals surface area contributed by atoms with Gasteiger partial charge in [-0.25, -0.2) is 13.8 Å². The molecule has 1 heterocycles. The highest BCUT2D eigenvalue weighted by Crippen LogP contribution is 2.32. The van der Waals surface area contributed by atoms with Crippen molar-refractivity contribution in [1.82, 2.24) is 4.98 Å². The van der Waals surface area contributed by atoms with E-state index < -0.39 is 11.6 Å². The van der Waals surface area contributed by atoms with Gasteiger partial charge in [0.1, 0.15) is 0 Å². The quantitative estimate of drug-likeness (QED) is 0.868. The molecule has 0 amide bonds. The molecule has 0 fully saturated rings. The maximum absolute atomic E-state index is 13.0. The first-order valence-electron chi connectivity index (χ1n) is 4.86. The minimum absolute atomic E-state index is 0.523. The molecule has 1 aromatic carbocycles. The Morgan fingerprint density at radius 1 is 1.35 bits per heavy atom. The summed E-state index contributed by atoms with van der Waals surface area (Å²) in [6.07, 6.45) is 0. The number of benzene rings is 1. The topological polar surface area (TPSA) is 38.9 Å². The van der Waals surface area contributed by atoms with Gasteiger partial charge in [-0.3, -0.25) is 0 Å². The predicted molar refractivity (Wildman–Crippen MR) is 67.2 cm³/mol. The normalized spacial score (nSPS) is 10.8. The van der Waals surface area contributed by atoms with Crippen LogP contribution in [0.4, 0.5) is 13.9 Å². The number of nitrogen functional groups attached to an aromatic ring is 1. The zero-order valence-electron chi connectivity index (χ0n) is 9.04. The van der Waals surface area contributed by atoms with E-state index in [0.29, 0.717) is 10.9 Å². The first-order valence-corrected chi connectivity index (χ1v) is 6.66. The molecule has 0 radical (unpaired) electrons. The van der Waals surface area contributed by atoms with Crippen LogP contribution in [-0.2, 0) is 5.75 Å². The van der Waals surface area contributed by atoms with Crippen molar-refractivity contribution in [3.8, 4) is 0 Å². The molecule has 2 nitrogen and oxygen atoms in total. The maximum atomic E-state index is 13.0. The van der Waals surface area contributed by atoms with Crippen molar-refractivity contribution in [2.75, 3.05) is 5.73 Å². The Balaban J connectivity index is 2.07. The predicted octanol–water partition coefficient (Wildman–Crippen LogP) is 3.60. The second-order valence-electron chi connectivity index (χ2n) is 3.46. The number of aryl methyl sites for hydroxylation is 1. The van der Waals surface area contributed by atoms with Gasteiger partial charge in [0.2, 0.25) is 0 Å². The summed E-state index contributed by atoms with van der Waals surface area (Å²) >= 11 is 2.93. The fraction of sp³-hybridized carbons (Fsp3) is 0.182. The molecule has 0 unspecified atom stereocenters. The van der Waals surface area contributed by atoms with Crippen LogP contribution in [0.25, 0.3) is 0 Å². The van der Waals surface area contributed by atoms with E-state index >= 15 is 0 Å². The molecular weight excluding hydrogens is 262 g/mol. The van der Waals surface area contributed by atoms with Crippen LogP contribution in [0.5, 0.6) is 0 Å². The number of aromatic nitrogens is 1. The Labute approximate surface area is 106 Å². The number of nitrogens with zero attached hydrogens (tertiary/aromatic N) is 1. The summed E-state index contributed by atoms with van der Waals surface area (Å²) in [5, 5.41) is 0.523. The van der Waals surface area contributed by atoms with E-state index in [-0.39, 0.29) is 0 Å². The number of anilines is 1. The van der Waals surface area contributed by atoms with Gasteiger partial charge in [0, 0.05) is 5.75 Å². The standard InChI is InChI=1S/C11H10F2N2S2/c1-6-10(17-11(14)15-6)16-5-7-2-3-8(12)9(13)4-7/h2-4H,5H2,1H3,(H2,14,15). The molecule has 0 aliphatic heterocycles. The minimum Gasteiger partial charge on any atom is -0.375 e. The zero-order valence-corrected chi connectivity index (χ0v) is 10.7. The third-order valence-corrected chi connectivity index (χ3v) is 4.54. The summed E-state index contributed by atoms with van der Waals surface area (Å²) in [5.74, 6) is -1.07. The molecule has 0 aliphatic rings. The van der Waals surface area contributed by atoms with Crippen molar-refractivity contribution in [2.45, 2.75) is 16.9 Å². The summed E-state index contributed by atoms with van der Waals surface area (Å²) in [5.41, 5.74) is 7.19. The van der Waals surface area contributed by atoms with E-state index in [0.717, 1.165) is 21.5 Å². The highest BCUT2D eigenvalue weighted by molar-refractivity contribution is 8.00. The highest BCUT2D eigenvalue weighted by Gasteiger charge is 2.07. The average Bonchev–Trinajstić information content (AvgIpc) is 2.59. The lowest BCUT2D eigenvalue weighted by Gasteiger charge is -2.01. The first-order chi connectivity index (χ1) is 8.06. The number of hydrogen-bond acceptors (Lipinski definition) is 4. The molecule has 0 saturated heterocycles. The molecule has 0 saturated carbocycles. The second kappa shape index (κ2) is 5.01. The lowest BCUT2D eigenvalue weighted by Crippen LogP contribution is -1.87. The minimum atomic E-state index is -0.822. The maximum Gasteiger partial charge on any atom is 0.181 e. The van der Waals surface area contributed by atoms with Crippen molar-refractivity contribution in [2.24, 2.45) is 0 Å². The number of rotatable bonds is 3. The number of thioether (sulfide) groups is 1. The Hall–Kier alpha value is -1.14. The van der Waals surface area contributed by atoms with Crippen LogP contribution in [0.3, 0.4) is 0 Å². The third-order valence-electron chi connectivity index (χ3n) is 2.12. The van der Waals surface area contributed by atoms with Crippen molar-refractivity contribution in [3.63, 3.8) is 0 Å². The van der Waals surface area contributed by atoms with Gasteiger partial charge in [0.05, 0.1) is 9.90 Å². The molecule has 0 aliphatic carbocycles. The lowest BCUT2D eigenvalue weighted by molar-refractivity contribution is 0.507. The number of halogens is 2. The summed E-state index contributed by atoms with van der Waals surface area (Å²) in [6, 6.07) is 3.92. The molecule has 17 heavy (non-hydrogen) atoms. The lowest BCUT2D eigenvalue weighted by atomic mass is 10.2. The molecule has 1 aromatic heterocycles. The molecule has 90 valence electrons. The molecule has 0 bridgehead atoms. The first kappa shape index (κ1) is 12.3. The van der Waals surface area contributed by atoms with E-state index in [1.54, 1.807) is 6.07 Å². The van der Waals surface area contributed by atoms with Crippen molar-refractivity contribution >= 4 is 28.2 Å². The monoisotopic (exact) mass is 272 g/mol. The van der Waals surface area contributed by atoms with E-state index in [9.17, 15) is 8.78 Å². The van der Waals surface area contributed by atoms with Gasteiger partial charge in [-0.2, -0.15) is 0 Å². The molecule has 2 N–H and O–H groups in total. The SMILES string of the molecule is Cc1nc(N)sc1SCc1ccc(F)c(F)c1. The second-order valence-corrected chi connectivity index (χ2v) is 5.74. The van der Waals surface area contributed by atoms with Crippen molar-refractivity contribution < 1.29 is 8.78 Å². The molecular formula is C11H10F2N2S2. The summed E-state index contributed by atoms with van der Waals surface area (Å²) in [6.45, 7) is 1.88. The molecule has 0 atom stereocenters. The Kier molecular flexibility index (Phi) is 3.63. The van der Waals surface area contributed by atoms with Crippen LogP contribution >= 0.6 is 23.1 Å². The van der Waals surface area contributed by atoms with Crippen LogP contribution in [-0.4, -0.2) is 4.98 Å². The summed E-state index contributed by atoms with van der Waals surface area (Å²) < 4.78 is 26.7. The van der Waals surface area contributed by atoms with Gasteiger partial charge in [0.25, 0.3) is 0 Å². The molecule has 2 aromatic rings. The Bertz CT molecular complexity index is 540. The number of hydrogen-bond donors (Lipinski definition) is 1. The van der Waals surface area contributed by atoms with E-state index in [1.807, 2.05) is 6.92 Å². The van der Waals surface area contributed by atoms with Crippen molar-refractivity contribution in [3.05, 3.63) is 41.1 Å². The van der Waals surface area contributed by atoms with Gasteiger partial charge >= 0.3 is 0 Å². The summed E-state index contributed by atoms with van der Waals surface area (Å²) in [7, 11) is 0.